The lowest BCUT2D eigenvalue weighted by Crippen LogP contribution is -2.36. The first-order chi connectivity index (χ1) is 13.5. The summed E-state index contributed by atoms with van der Waals surface area (Å²) in [5, 5.41) is 12.3. The maximum Gasteiger partial charge on any atom is 0.266 e. The highest BCUT2D eigenvalue weighted by Crippen LogP contribution is 2.32. The van der Waals surface area contributed by atoms with Gasteiger partial charge >= 0.3 is 0 Å². The van der Waals surface area contributed by atoms with E-state index in [-0.39, 0.29) is 23.9 Å². The molecular weight excluding hydrogens is 396 g/mol. The van der Waals surface area contributed by atoms with Gasteiger partial charge in [0.1, 0.15) is 22.4 Å². The predicted octanol–water partition coefficient (Wildman–Crippen LogP) is 3.63. The largest absolute Gasteiger partial charge is 0.506 e. The van der Waals surface area contributed by atoms with Gasteiger partial charge in [-0.3, -0.25) is 14.5 Å². The molecule has 2 amide bonds. The molecule has 8 heteroatoms. The molecule has 1 aliphatic rings. The van der Waals surface area contributed by atoms with Crippen molar-refractivity contribution in [2.24, 2.45) is 0 Å². The summed E-state index contributed by atoms with van der Waals surface area (Å²) < 4.78 is 5.72. The van der Waals surface area contributed by atoms with Crippen molar-refractivity contribution in [3.8, 4) is 11.5 Å². The van der Waals surface area contributed by atoms with E-state index in [0.717, 1.165) is 23.1 Å². The molecule has 1 aliphatic heterocycles. The Morgan fingerprint density at radius 3 is 2.64 bits per heavy atom. The average molecular weight is 415 g/mol. The van der Waals surface area contributed by atoms with Crippen LogP contribution in [0.1, 0.15) is 12.5 Å². The second kappa shape index (κ2) is 8.90. The number of anilines is 1. The van der Waals surface area contributed by atoms with E-state index in [1.807, 2.05) is 31.2 Å². The Morgan fingerprint density at radius 2 is 1.96 bits per heavy atom. The Morgan fingerprint density at radius 1 is 1.25 bits per heavy atom. The molecule has 2 N–H and O–H groups in total. The lowest BCUT2D eigenvalue weighted by molar-refractivity contribution is -0.126. The van der Waals surface area contributed by atoms with E-state index < -0.39 is 5.91 Å². The van der Waals surface area contributed by atoms with Crippen LogP contribution in [0.25, 0.3) is 6.08 Å². The van der Waals surface area contributed by atoms with Crippen molar-refractivity contribution >= 4 is 51.9 Å². The zero-order valence-electron chi connectivity index (χ0n) is 15.0. The van der Waals surface area contributed by atoms with Gasteiger partial charge < -0.3 is 15.2 Å². The minimum absolute atomic E-state index is 0.0448. The highest BCUT2D eigenvalue weighted by molar-refractivity contribution is 8.26. The van der Waals surface area contributed by atoms with Gasteiger partial charge in [0.05, 0.1) is 17.2 Å². The van der Waals surface area contributed by atoms with Crippen molar-refractivity contribution in [2.75, 3.05) is 18.5 Å². The van der Waals surface area contributed by atoms with Crippen LogP contribution in [0, 0.1) is 0 Å². The number of ether oxygens (including phenoxy) is 1. The molecule has 6 nitrogen and oxygen atoms in total. The molecule has 0 aromatic heterocycles. The number of hydrogen-bond donors (Lipinski definition) is 2. The fourth-order valence-electron chi connectivity index (χ4n) is 2.53. The molecule has 0 saturated carbocycles. The highest BCUT2D eigenvalue weighted by atomic mass is 32.2. The molecule has 1 saturated heterocycles. The first-order valence-electron chi connectivity index (χ1n) is 8.54. The summed E-state index contributed by atoms with van der Waals surface area (Å²) >= 11 is 6.40. The topological polar surface area (TPSA) is 78.9 Å². The first kappa shape index (κ1) is 19.9. The maximum atomic E-state index is 12.6. The van der Waals surface area contributed by atoms with E-state index in [1.54, 1.807) is 24.3 Å². The van der Waals surface area contributed by atoms with Crippen molar-refractivity contribution in [2.45, 2.75) is 6.92 Å². The van der Waals surface area contributed by atoms with E-state index in [0.29, 0.717) is 15.8 Å². The number of hydrogen-bond acceptors (Lipinski definition) is 6. The van der Waals surface area contributed by atoms with Gasteiger partial charge in [-0.15, -0.1) is 0 Å². The summed E-state index contributed by atoms with van der Waals surface area (Å²) in [5.41, 5.74) is 1.12. The first-order valence-corrected chi connectivity index (χ1v) is 9.76. The molecular formula is C20H18N2O4S2. The fourth-order valence-corrected chi connectivity index (χ4v) is 3.78. The van der Waals surface area contributed by atoms with E-state index in [4.69, 9.17) is 17.0 Å². The van der Waals surface area contributed by atoms with Gasteiger partial charge in [0.25, 0.3) is 5.91 Å². The third-order valence-corrected chi connectivity index (χ3v) is 5.22. The number of phenols is 1. The van der Waals surface area contributed by atoms with Crippen molar-refractivity contribution in [3.63, 3.8) is 0 Å². The van der Waals surface area contributed by atoms with Crippen LogP contribution in [-0.4, -0.2) is 39.3 Å². The molecule has 0 atom stereocenters. The number of aromatic hydroxyl groups is 1. The minimum Gasteiger partial charge on any atom is -0.506 e. The normalized spacial score (nSPS) is 15.2. The summed E-state index contributed by atoms with van der Waals surface area (Å²) in [6.45, 7) is 2.27. The maximum absolute atomic E-state index is 12.6. The minimum atomic E-state index is -0.444. The zero-order valence-corrected chi connectivity index (χ0v) is 16.7. The third kappa shape index (κ3) is 4.71. The van der Waals surface area contributed by atoms with Crippen molar-refractivity contribution in [1.82, 2.24) is 4.90 Å². The summed E-state index contributed by atoms with van der Waals surface area (Å²) in [4.78, 5) is 26.6. The fraction of sp³-hybridized carbons (Fsp3) is 0.150. The SMILES string of the molecule is CCOc1ccc(/C=C2/SC(=S)N(CC(=O)Nc3ccccc3O)C2=O)cc1. The summed E-state index contributed by atoms with van der Waals surface area (Å²) in [5.74, 6) is -0.0545. The van der Waals surface area contributed by atoms with Gasteiger partial charge in [-0.2, -0.15) is 0 Å². The van der Waals surface area contributed by atoms with Gasteiger partial charge in [0.2, 0.25) is 5.91 Å². The zero-order chi connectivity index (χ0) is 20.1. The van der Waals surface area contributed by atoms with Crippen LogP contribution in [-0.2, 0) is 9.59 Å². The summed E-state index contributed by atoms with van der Waals surface area (Å²) in [6.07, 6.45) is 1.73. The van der Waals surface area contributed by atoms with Crippen LogP contribution in [0.15, 0.2) is 53.4 Å². The molecule has 28 heavy (non-hydrogen) atoms. The quantitative estimate of drug-likeness (QED) is 0.427. The molecule has 2 aromatic carbocycles. The van der Waals surface area contributed by atoms with E-state index >= 15 is 0 Å². The Balaban J connectivity index is 1.67. The van der Waals surface area contributed by atoms with Gasteiger partial charge in [-0.1, -0.05) is 48.2 Å². The number of carbonyl (C=O) groups excluding carboxylic acids is 2. The second-order valence-electron chi connectivity index (χ2n) is 5.84. The molecule has 0 bridgehead atoms. The number of nitrogens with one attached hydrogen (secondary N) is 1. The number of amides is 2. The second-order valence-corrected chi connectivity index (χ2v) is 7.51. The standard InChI is InChI=1S/C20H18N2O4S2/c1-2-26-14-9-7-13(8-10-14)11-17-19(25)22(20(27)28-17)12-18(24)21-15-5-3-4-6-16(15)23/h3-11,23H,2,12H2,1H3,(H,21,24)/b17-11+. The van der Waals surface area contributed by atoms with E-state index in [9.17, 15) is 14.7 Å². The number of rotatable bonds is 6. The summed E-state index contributed by atoms with van der Waals surface area (Å²) in [7, 11) is 0. The van der Waals surface area contributed by atoms with Crippen LogP contribution < -0.4 is 10.1 Å². The van der Waals surface area contributed by atoms with Gasteiger partial charge in [0.15, 0.2) is 0 Å². The highest BCUT2D eigenvalue weighted by Gasteiger charge is 2.33. The van der Waals surface area contributed by atoms with Crippen LogP contribution in [0.2, 0.25) is 0 Å². The number of benzene rings is 2. The molecule has 144 valence electrons. The number of thioether (sulfide) groups is 1. The molecule has 0 unspecified atom stereocenters. The Kier molecular flexibility index (Phi) is 6.33. The molecule has 1 heterocycles. The lowest BCUT2D eigenvalue weighted by atomic mass is 10.2. The Labute approximate surface area is 172 Å². The molecule has 1 fully saturated rings. The van der Waals surface area contributed by atoms with E-state index in [2.05, 4.69) is 5.32 Å². The third-order valence-electron chi connectivity index (χ3n) is 3.84. The molecule has 0 radical (unpaired) electrons. The monoisotopic (exact) mass is 414 g/mol. The molecule has 3 rings (SSSR count). The van der Waals surface area contributed by atoms with Crippen LogP contribution in [0.3, 0.4) is 0 Å². The van der Waals surface area contributed by atoms with Gasteiger partial charge in [0, 0.05) is 0 Å². The van der Waals surface area contributed by atoms with Crippen LogP contribution >= 0.6 is 24.0 Å². The number of thiocarbonyl (C=S) groups is 1. The molecule has 0 spiro atoms. The number of carbonyl (C=O) groups is 2. The number of nitrogens with zero attached hydrogens (tertiary/aromatic N) is 1. The average Bonchev–Trinajstić information content (AvgIpc) is 2.93. The number of phenolic OH excluding ortho intramolecular Hbond substituents is 1. The van der Waals surface area contributed by atoms with Gasteiger partial charge in [-0.25, -0.2) is 0 Å². The predicted molar refractivity (Wildman–Crippen MR) is 114 cm³/mol. The van der Waals surface area contributed by atoms with Crippen LogP contribution in [0.5, 0.6) is 11.5 Å². The Hall–Kier alpha value is -2.84. The molecule has 0 aliphatic carbocycles. The van der Waals surface area contributed by atoms with Crippen LogP contribution in [0.4, 0.5) is 5.69 Å². The summed E-state index contributed by atoms with van der Waals surface area (Å²) in [6, 6.07) is 13.7. The van der Waals surface area contributed by atoms with Crippen molar-refractivity contribution in [3.05, 3.63) is 59.0 Å². The molecule has 2 aromatic rings. The lowest BCUT2D eigenvalue weighted by Gasteiger charge is -2.14. The van der Waals surface area contributed by atoms with Crippen molar-refractivity contribution in [1.29, 1.82) is 0 Å². The van der Waals surface area contributed by atoms with Gasteiger partial charge in [-0.05, 0) is 42.8 Å². The van der Waals surface area contributed by atoms with Crippen molar-refractivity contribution < 1.29 is 19.4 Å². The smallest absolute Gasteiger partial charge is 0.266 e. The van der Waals surface area contributed by atoms with E-state index in [1.165, 1.54) is 11.0 Å². The number of para-hydroxylation sites is 2. The Bertz CT molecular complexity index is 941.